The predicted octanol–water partition coefficient (Wildman–Crippen LogP) is 3.18. The van der Waals surface area contributed by atoms with E-state index in [-0.39, 0.29) is 16.8 Å². The number of carbonyl (C=O) groups excluding carboxylic acids is 1. The first-order chi connectivity index (χ1) is 10.9. The van der Waals surface area contributed by atoms with Gasteiger partial charge in [-0.2, -0.15) is 0 Å². The minimum absolute atomic E-state index is 0.226. The summed E-state index contributed by atoms with van der Waals surface area (Å²) >= 11 is 0. The van der Waals surface area contributed by atoms with Gasteiger partial charge in [0.1, 0.15) is 5.69 Å². The number of hydrogen-bond acceptors (Lipinski definition) is 4. The third kappa shape index (κ3) is 3.33. The zero-order valence-electron chi connectivity index (χ0n) is 14.5. The number of likely N-dealkylation sites (tertiary alicyclic amines) is 1. The maximum Gasteiger partial charge on any atom is 0.187 e. The zero-order valence-corrected chi connectivity index (χ0v) is 14.5. The summed E-state index contributed by atoms with van der Waals surface area (Å²) in [4.78, 5) is 20.2. The molecule has 2 aliphatic heterocycles. The van der Waals surface area contributed by atoms with E-state index in [0.29, 0.717) is 18.2 Å². The van der Waals surface area contributed by atoms with Gasteiger partial charge in [0.25, 0.3) is 0 Å². The fraction of sp³-hybridized carbons (Fsp3) is 0.684. The van der Waals surface area contributed by atoms with Gasteiger partial charge in [0.05, 0.1) is 5.60 Å². The molecule has 1 aromatic rings. The maximum absolute atomic E-state index is 13.5. The molecule has 2 fully saturated rings. The molecular formula is C19H28N2O2. The summed E-state index contributed by atoms with van der Waals surface area (Å²) < 4.78 is 5.94. The van der Waals surface area contributed by atoms with Crippen LogP contribution in [0.4, 0.5) is 0 Å². The largest absolute Gasteiger partial charge is 0.376 e. The molecular weight excluding hydrogens is 288 g/mol. The Bertz CT molecular complexity index is 550. The highest BCUT2D eigenvalue weighted by Crippen LogP contribution is 2.49. The first kappa shape index (κ1) is 16.6. The molecule has 0 aromatic carbocycles. The van der Waals surface area contributed by atoms with E-state index in [2.05, 4.69) is 30.8 Å². The fourth-order valence-electron chi connectivity index (χ4n) is 4.45. The molecule has 2 saturated heterocycles. The number of rotatable bonds is 3. The van der Waals surface area contributed by atoms with Gasteiger partial charge in [0, 0.05) is 18.2 Å². The van der Waals surface area contributed by atoms with Crippen LogP contribution in [0.2, 0.25) is 0 Å². The number of piperidine rings is 1. The number of nitrogens with zero attached hydrogens (tertiary/aromatic N) is 2. The van der Waals surface area contributed by atoms with Gasteiger partial charge in [-0.3, -0.25) is 9.78 Å². The van der Waals surface area contributed by atoms with Crippen LogP contribution < -0.4 is 0 Å². The normalized spacial score (nSPS) is 29.3. The Labute approximate surface area is 139 Å². The number of aromatic nitrogens is 1. The molecule has 3 rings (SSSR count). The number of carbonyl (C=O) groups is 1. The standard InChI is InChI=1S/C19H28N2O2/c1-18(2)14-19(9-13-23-18,15-7-11-21(3)12-8-15)17(22)16-6-4-5-10-20-16/h4-6,10,15H,7-9,11-14H2,1-3H3. The molecule has 0 saturated carbocycles. The average molecular weight is 316 g/mol. The van der Waals surface area contributed by atoms with Gasteiger partial charge in [-0.25, -0.2) is 0 Å². The Morgan fingerprint density at radius 2 is 2.04 bits per heavy atom. The van der Waals surface area contributed by atoms with Gasteiger partial charge >= 0.3 is 0 Å². The van der Waals surface area contributed by atoms with Crippen molar-refractivity contribution >= 4 is 5.78 Å². The SMILES string of the molecule is CN1CCC(C2(C(=O)c3ccccn3)CCOC(C)(C)C2)CC1. The molecule has 0 N–H and O–H groups in total. The summed E-state index contributed by atoms with van der Waals surface area (Å²) in [7, 11) is 2.16. The smallest absolute Gasteiger partial charge is 0.187 e. The van der Waals surface area contributed by atoms with Crippen molar-refractivity contribution in [2.24, 2.45) is 11.3 Å². The van der Waals surface area contributed by atoms with Crippen LogP contribution in [0.5, 0.6) is 0 Å². The highest BCUT2D eigenvalue weighted by Gasteiger charge is 2.51. The number of ketones is 1. The van der Waals surface area contributed by atoms with Crippen LogP contribution in [0.1, 0.15) is 50.0 Å². The molecule has 2 aliphatic rings. The summed E-state index contributed by atoms with van der Waals surface area (Å²) in [6.07, 6.45) is 5.51. The predicted molar refractivity (Wildman–Crippen MR) is 90.5 cm³/mol. The van der Waals surface area contributed by atoms with Crippen LogP contribution in [-0.2, 0) is 4.74 Å². The Morgan fingerprint density at radius 1 is 1.30 bits per heavy atom. The average Bonchev–Trinajstić information content (AvgIpc) is 2.54. The van der Waals surface area contributed by atoms with E-state index >= 15 is 0 Å². The van der Waals surface area contributed by atoms with Crippen LogP contribution >= 0.6 is 0 Å². The minimum atomic E-state index is -0.322. The van der Waals surface area contributed by atoms with Gasteiger partial charge in [0.15, 0.2) is 5.78 Å². The van der Waals surface area contributed by atoms with E-state index in [4.69, 9.17) is 4.74 Å². The first-order valence-corrected chi connectivity index (χ1v) is 8.71. The van der Waals surface area contributed by atoms with E-state index in [1.807, 2.05) is 18.2 Å². The molecule has 4 heteroatoms. The van der Waals surface area contributed by atoms with Crippen molar-refractivity contribution in [3.63, 3.8) is 0 Å². The van der Waals surface area contributed by atoms with Gasteiger partial charge in [-0.1, -0.05) is 6.07 Å². The van der Waals surface area contributed by atoms with Gasteiger partial charge in [-0.15, -0.1) is 0 Å². The molecule has 1 unspecified atom stereocenters. The minimum Gasteiger partial charge on any atom is -0.376 e. The molecule has 0 spiro atoms. The van der Waals surface area contributed by atoms with Crippen LogP contribution in [0.3, 0.4) is 0 Å². The van der Waals surface area contributed by atoms with E-state index in [0.717, 1.165) is 38.8 Å². The number of pyridine rings is 1. The van der Waals surface area contributed by atoms with E-state index in [1.165, 1.54) is 0 Å². The zero-order chi connectivity index (χ0) is 16.5. The molecule has 1 atom stereocenters. The first-order valence-electron chi connectivity index (χ1n) is 8.71. The van der Waals surface area contributed by atoms with Crippen LogP contribution in [0.25, 0.3) is 0 Å². The Morgan fingerprint density at radius 3 is 2.65 bits per heavy atom. The number of Topliss-reactive ketones (excluding diaryl/α,β-unsaturated/α-hetero) is 1. The molecule has 1 aromatic heterocycles. The van der Waals surface area contributed by atoms with Crippen molar-refractivity contribution in [2.45, 2.75) is 45.1 Å². The lowest BCUT2D eigenvalue weighted by Gasteiger charge is -2.49. The summed E-state index contributed by atoms with van der Waals surface area (Å²) in [5.41, 5.74) is 0.0489. The second-order valence-corrected chi connectivity index (χ2v) is 7.81. The van der Waals surface area contributed by atoms with Crippen LogP contribution in [-0.4, -0.2) is 48.0 Å². The third-order valence-electron chi connectivity index (χ3n) is 5.63. The maximum atomic E-state index is 13.5. The van der Waals surface area contributed by atoms with E-state index < -0.39 is 0 Å². The van der Waals surface area contributed by atoms with Crippen LogP contribution in [0, 0.1) is 11.3 Å². The summed E-state index contributed by atoms with van der Waals surface area (Å²) in [5, 5.41) is 0. The summed E-state index contributed by atoms with van der Waals surface area (Å²) in [5.74, 6) is 0.653. The molecule has 126 valence electrons. The van der Waals surface area contributed by atoms with E-state index in [1.54, 1.807) is 6.20 Å². The lowest BCUT2D eigenvalue weighted by molar-refractivity contribution is -0.113. The van der Waals surface area contributed by atoms with Gasteiger partial charge in [-0.05, 0) is 77.7 Å². The highest BCUT2D eigenvalue weighted by atomic mass is 16.5. The lowest BCUT2D eigenvalue weighted by Crippen LogP contribution is -2.52. The molecule has 4 nitrogen and oxygen atoms in total. The highest BCUT2D eigenvalue weighted by molar-refractivity contribution is 5.99. The second-order valence-electron chi connectivity index (χ2n) is 7.81. The number of hydrogen-bond donors (Lipinski definition) is 0. The van der Waals surface area contributed by atoms with Crippen molar-refractivity contribution in [3.05, 3.63) is 30.1 Å². The Hall–Kier alpha value is -1.26. The fourth-order valence-corrected chi connectivity index (χ4v) is 4.45. The quantitative estimate of drug-likeness (QED) is 0.803. The van der Waals surface area contributed by atoms with Crippen LogP contribution in [0.15, 0.2) is 24.4 Å². The van der Waals surface area contributed by atoms with E-state index in [9.17, 15) is 4.79 Å². The van der Waals surface area contributed by atoms with Crippen molar-refractivity contribution in [1.82, 2.24) is 9.88 Å². The van der Waals surface area contributed by atoms with Crippen molar-refractivity contribution in [1.29, 1.82) is 0 Å². The Balaban J connectivity index is 1.95. The molecule has 0 aliphatic carbocycles. The second kappa shape index (κ2) is 6.33. The topological polar surface area (TPSA) is 42.4 Å². The molecule has 0 amide bonds. The monoisotopic (exact) mass is 316 g/mol. The van der Waals surface area contributed by atoms with Crippen molar-refractivity contribution in [3.8, 4) is 0 Å². The van der Waals surface area contributed by atoms with Crippen molar-refractivity contribution < 1.29 is 9.53 Å². The summed E-state index contributed by atoms with van der Waals surface area (Å²) in [6, 6.07) is 5.64. The summed E-state index contributed by atoms with van der Waals surface area (Å²) in [6.45, 7) is 7.04. The lowest BCUT2D eigenvalue weighted by atomic mass is 9.60. The molecule has 23 heavy (non-hydrogen) atoms. The van der Waals surface area contributed by atoms with Gasteiger partial charge < -0.3 is 9.64 Å². The van der Waals surface area contributed by atoms with Gasteiger partial charge in [0.2, 0.25) is 0 Å². The molecule has 3 heterocycles. The van der Waals surface area contributed by atoms with Crippen molar-refractivity contribution in [2.75, 3.05) is 26.7 Å². The molecule has 0 bridgehead atoms. The Kier molecular flexibility index (Phi) is 4.56. The number of ether oxygens (including phenoxy) is 1. The third-order valence-corrected chi connectivity index (χ3v) is 5.63. The molecule has 0 radical (unpaired) electrons.